The number of carbonyl (C=O) groups excluding carboxylic acids is 1. The van der Waals surface area contributed by atoms with Gasteiger partial charge in [-0.2, -0.15) is 0 Å². The fourth-order valence-corrected chi connectivity index (χ4v) is 2.76. The van der Waals surface area contributed by atoms with E-state index in [1.807, 2.05) is 19.9 Å². The van der Waals surface area contributed by atoms with E-state index >= 15 is 0 Å². The summed E-state index contributed by atoms with van der Waals surface area (Å²) in [5.41, 5.74) is 2.11. The molecule has 0 bridgehead atoms. The van der Waals surface area contributed by atoms with Crippen molar-refractivity contribution in [2.45, 2.75) is 25.4 Å². The Morgan fingerprint density at radius 1 is 1.48 bits per heavy atom. The van der Waals surface area contributed by atoms with Gasteiger partial charge in [-0.25, -0.2) is 9.97 Å². The van der Waals surface area contributed by atoms with Crippen molar-refractivity contribution < 1.29 is 4.79 Å². The van der Waals surface area contributed by atoms with Gasteiger partial charge in [0.2, 0.25) is 0 Å². The SMILES string of the molecule is C=C(C=N/C=C\C)Sc1nc(NC)c2c(C=O)c(CC)[nH]c2n1. The Morgan fingerprint density at radius 2 is 2.26 bits per heavy atom. The van der Waals surface area contributed by atoms with Crippen LogP contribution in [0.3, 0.4) is 0 Å². The Kier molecular flexibility index (Phi) is 5.70. The molecule has 6 nitrogen and oxygen atoms in total. The minimum atomic E-state index is 0.542. The van der Waals surface area contributed by atoms with Gasteiger partial charge in [0.25, 0.3) is 0 Å². The van der Waals surface area contributed by atoms with Gasteiger partial charge in [-0.05, 0) is 25.1 Å². The third-order valence-corrected chi connectivity index (χ3v) is 3.87. The summed E-state index contributed by atoms with van der Waals surface area (Å²) in [6, 6.07) is 0. The van der Waals surface area contributed by atoms with Gasteiger partial charge in [0.15, 0.2) is 11.4 Å². The van der Waals surface area contributed by atoms with Gasteiger partial charge in [0, 0.05) is 35.6 Å². The van der Waals surface area contributed by atoms with Crippen LogP contribution in [0.25, 0.3) is 11.0 Å². The van der Waals surface area contributed by atoms with Gasteiger partial charge in [0.05, 0.1) is 5.39 Å². The molecule has 0 atom stereocenters. The molecule has 23 heavy (non-hydrogen) atoms. The zero-order valence-corrected chi connectivity index (χ0v) is 14.2. The first kappa shape index (κ1) is 17.0. The summed E-state index contributed by atoms with van der Waals surface area (Å²) in [4.78, 5) is 28.3. The van der Waals surface area contributed by atoms with E-state index in [0.717, 1.165) is 28.7 Å². The predicted octanol–water partition coefficient (Wildman–Crippen LogP) is 3.58. The minimum Gasteiger partial charge on any atom is -0.372 e. The van der Waals surface area contributed by atoms with Gasteiger partial charge in [-0.3, -0.25) is 9.79 Å². The molecule has 2 heterocycles. The Bertz CT molecular complexity index is 791. The maximum atomic E-state index is 11.4. The Labute approximate surface area is 139 Å². The van der Waals surface area contributed by atoms with Crippen molar-refractivity contribution in [3.8, 4) is 0 Å². The predicted molar refractivity (Wildman–Crippen MR) is 96.5 cm³/mol. The van der Waals surface area contributed by atoms with Crippen LogP contribution in [0.5, 0.6) is 0 Å². The molecule has 0 amide bonds. The summed E-state index contributed by atoms with van der Waals surface area (Å²) < 4.78 is 0. The number of H-pyrrole nitrogens is 1. The molecule has 0 saturated carbocycles. The topological polar surface area (TPSA) is 83.0 Å². The maximum Gasteiger partial charge on any atom is 0.196 e. The van der Waals surface area contributed by atoms with Crippen LogP contribution in [0.4, 0.5) is 5.82 Å². The quantitative estimate of drug-likeness (QED) is 0.351. The summed E-state index contributed by atoms with van der Waals surface area (Å²) in [6.07, 6.45) is 6.74. The van der Waals surface area contributed by atoms with Gasteiger partial charge in [-0.1, -0.05) is 19.6 Å². The molecule has 0 aliphatic heterocycles. The molecule has 2 aromatic rings. The molecule has 0 saturated heterocycles. The van der Waals surface area contributed by atoms with Crippen molar-refractivity contribution in [1.82, 2.24) is 15.0 Å². The average Bonchev–Trinajstić information content (AvgIpc) is 2.91. The highest BCUT2D eigenvalue weighted by Gasteiger charge is 2.17. The van der Waals surface area contributed by atoms with Crippen LogP contribution in [0.15, 0.2) is 33.9 Å². The molecule has 0 fully saturated rings. The molecule has 0 spiro atoms. The van der Waals surface area contributed by atoms with E-state index in [1.54, 1.807) is 19.5 Å². The van der Waals surface area contributed by atoms with Gasteiger partial charge >= 0.3 is 0 Å². The van der Waals surface area contributed by atoms with Gasteiger partial charge in [-0.15, -0.1) is 0 Å². The minimum absolute atomic E-state index is 0.542. The number of hydrogen-bond acceptors (Lipinski definition) is 6. The number of anilines is 1. The van der Waals surface area contributed by atoms with E-state index in [9.17, 15) is 4.79 Å². The third kappa shape index (κ3) is 3.68. The molecule has 0 aliphatic carbocycles. The largest absolute Gasteiger partial charge is 0.372 e. The van der Waals surface area contributed by atoms with E-state index in [2.05, 4.69) is 31.8 Å². The highest BCUT2D eigenvalue weighted by atomic mass is 32.2. The first-order valence-electron chi connectivity index (χ1n) is 7.21. The molecular formula is C16H19N5OS. The van der Waals surface area contributed by atoms with Crippen LogP contribution < -0.4 is 5.32 Å². The van der Waals surface area contributed by atoms with E-state index < -0.39 is 0 Å². The average molecular weight is 329 g/mol. The lowest BCUT2D eigenvalue weighted by Gasteiger charge is -2.05. The van der Waals surface area contributed by atoms with Crippen LogP contribution >= 0.6 is 11.8 Å². The lowest BCUT2D eigenvalue weighted by molar-refractivity contribution is 0.112. The van der Waals surface area contributed by atoms with Crippen LogP contribution in [0, 0.1) is 0 Å². The number of aldehydes is 1. The van der Waals surface area contributed by atoms with E-state index in [1.165, 1.54) is 11.8 Å². The zero-order chi connectivity index (χ0) is 16.8. The number of nitrogens with zero attached hydrogens (tertiary/aromatic N) is 3. The van der Waals surface area contributed by atoms with Crippen LogP contribution in [-0.2, 0) is 6.42 Å². The number of fused-ring (bicyclic) bond motifs is 1. The van der Waals surface area contributed by atoms with Crippen molar-refractivity contribution >= 4 is 41.1 Å². The molecule has 0 radical (unpaired) electrons. The molecule has 0 unspecified atom stereocenters. The van der Waals surface area contributed by atoms with Crippen LogP contribution in [-0.4, -0.2) is 34.5 Å². The van der Waals surface area contributed by atoms with E-state index in [4.69, 9.17) is 0 Å². The fourth-order valence-electron chi connectivity index (χ4n) is 2.14. The monoisotopic (exact) mass is 329 g/mol. The fraction of sp³-hybridized carbons (Fsp3) is 0.250. The third-order valence-electron chi connectivity index (χ3n) is 3.14. The highest BCUT2D eigenvalue weighted by molar-refractivity contribution is 8.03. The summed E-state index contributed by atoms with van der Waals surface area (Å²) >= 11 is 1.32. The van der Waals surface area contributed by atoms with Gasteiger partial charge in [0.1, 0.15) is 11.5 Å². The van der Waals surface area contributed by atoms with E-state index in [-0.39, 0.29) is 0 Å². The van der Waals surface area contributed by atoms with Crippen molar-refractivity contribution in [2.24, 2.45) is 4.99 Å². The van der Waals surface area contributed by atoms with E-state index in [0.29, 0.717) is 22.2 Å². The lowest BCUT2D eigenvalue weighted by atomic mass is 10.1. The summed E-state index contributed by atoms with van der Waals surface area (Å²) in [5.74, 6) is 0.619. The molecule has 2 aromatic heterocycles. The lowest BCUT2D eigenvalue weighted by Crippen LogP contribution is -1.98. The number of allylic oxidation sites excluding steroid dienone is 2. The standard InChI is InChI=1S/C16H19N5OS/c1-5-7-18-8-10(3)23-16-20-14(17-4)13-11(9-22)12(6-2)19-15(13)21-16/h5,7-9H,3,6H2,1-2,4H3,(H2,17,19,20,21)/b7-5-,18-8?. The number of thioether (sulfide) groups is 1. The van der Waals surface area contributed by atoms with Crippen LogP contribution in [0.1, 0.15) is 29.9 Å². The summed E-state index contributed by atoms with van der Waals surface area (Å²) in [5, 5.41) is 4.29. The number of rotatable bonds is 7. The Morgan fingerprint density at radius 3 is 2.87 bits per heavy atom. The second-order valence-corrected chi connectivity index (χ2v) is 5.74. The van der Waals surface area contributed by atoms with Crippen LogP contribution in [0.2, 0.25) is 0 Å². The van der Waals surface area contributed by atoms with Crippen molar-refractivity contribution in [2.75, 3.05) is 12.4 Å². The Balaban J connectivity index is 2.44. The number of hydrogen-bond donors (Lipinski definition) is 2. The molecular weight excluding hydrogens is 310 g/mol. The molecule has 2 N–H and O–H groups in total. The summed E-state index contributed by atoms with van der Waals surface area (Å²) in [6.45, 7) is 7.80. The molecule has 7 heteroatoms. The maximum absolute atomic E-state index is 11.4. The molecule has 0 aromatic carbocycles. The number of nitrogens with one attached hydrogen (secondary N) is 2. The summed E-state index contributed by atoms with van der Waals surface area (Å²) in [7, 11) is 1.77. The van der Waals surface area contributed by atoms with Crippen molar-refractivity contribution in [1.29, 1.82) is 0 Å². The number of aromatic nitrogens is 3. The van der Waals surface area contributed by atoms with Crippen molar-refractivity contribution in [3.05, 3.63) is 35.0 Å². The number of aliphatic imine (C=N–C) groups is 1. The second kappa shape index (κ2) is 7.73. The van der Waals surface area contributed by atoms with Crippen molar-refractivity contribution in [3.63, 3.8) is 0 Å². The molecule has 0 aliphatic rings. The second-order valence-electron chi connectivity index (χ2n) is 4.65. The first-order valence-corrected chi connectivity index (χ1v) is 8.02. The van der Waals surface area contributed by atoms with Gasteiger partial charge < -0.3 is 10.3 Å². The highest BCUT2D eigenvalue weighted by Crippen LogP contribution is 2.30. The number of aryl methyl sites for hydroxylation is 1. The first-order chi connectivity index (χ1) is 11.1. The molecule has 120 valence electrons. The smallest absolute Gasteiger partial charge is 0.196 e. The zero-order valence-electron chi connectivity index (χ0n) is 13.4. The normalized spacial score (nSPS) is 11.6. The Hall–Kier alpha value is -2.41. The number of carbonyl (C=O) groups is 1. The number of aromatic amines is 1. The molecule has 2 rings (SSSR count).